The smallest absolute Gasteiger partial charge is 0.416 e. The molecule has 0 saturated carbocycles. The lowest BCUT2D eigenvalue weighted by atomic mass is 9.89. The van der Waals surface area contributed by atoms with Crippen LogP contribution in [0.4, 0.5) is 30.7 Å². The molecule has 0 bridgehead atoms. The maximum absolute atomic E-state index is 14.8. The summed E-state index contributed by atoms with van der Waals surface area (Å²) in [5.41, 5.74) is 4.11. The number of nitrogens with two attached hydrogens (primary N) is 1. The molecule has 2 aromatic carbocycles. The summed E-state index contributed by atoms with van der Waals surface area (Å²) in [6.45, 7) is 2.13. The molecule has 0 fully saturated rings. The van der Waals surface area contributed by atoms with Crippen molar-refractivity contribution >= 4 is 11.9 Å². The van der Waals surface area contributed by atoms with Crippen molar-refractivity contribution in [2.75, 3.05) is 20.6 Å². The fraction of sp³-hybridized carbons (Fsp3) is 0.486. The molecule has 1 heterocycles. The first-order valence-electron chi connectivity index (χ1n) is 16.8. The Bertz CT molecular complexity index is 1740. The van der Waals surface area contributed by atoms with Crippen LogP contribution >= 0.6 is 0 Å². The minimum absolute atomic E-state index is 0.0474. The number of hydrogen-bond donors (Lipinski definition) is 2. The molecule has 1 amide bonds. The van der Waals surface area contributed by atoms with E-state index in [1.165, 1.54) is 18.2 Å². The average Bonchev–Trinajstić information content (AvgIpc) is 3.01. The van der Waals surface area contributed by atoms with E-state index in [9.17, 15) is 45.1 Å². The Morgan fingerprint density at radius 3 is 2.14 bits per heavy atom. The molecule has 0 aliphatic heterocycles. The normalized spacial score (nSPS) is 12.5. The average molecular weight is 728 g/mol. The van der Waals surface area contributed by atoms with Gasteiger partial charge < -0.3 is 20.3 Å². The minimum atomic E-state index is -4.74. The van der Waals surface area contributed by atoms with Crippen molar-refractivity contribution in [1.82, 2.24) is 9.47 Å². The molecular weight excluding hydrogens is 683 g/mol. The molecule has 1 unspecified atom stereocenters. The predicted octanol–water partition coefficient (Wildman–Crippen LogP) is 8.18. The number of nitrogens with zero attached hydrogens (tertiary/aromatic N) is 2. The van der Waals surface area contributed by atoms with Crippen LogP contribution < -0.4 is 11.3 Å². The second kappa shape index (κ2) is 18.3. The van der Waals surface area contributed by atoms with Crippen molar-refractivity contribution in [2.24, 2.45) is 5.73 Å². The third-order valence-electron chi connectivity index (χ3n) is 8.80. The highest BCUT2D eigenvalue weighted by molar-refractivity contribution is 5.78. The van der Waals surface area contributed by atoms with Gasteiger partial charge in [0.15, 0.2) is 0 Å². The van der Waals surface area contributed by atoms with Crippen molar-refractivity contribution in [3.8, 4) is 11.1 Å². The molecule has 3 rings (SSSR count). The number of hydrogen-bond acceptors (Lipinski definition) is 4. The standard InChI is InChI=1S/C37H44F7N3O4/c1-22-16-27(38)18-23(33(22)26-17-24(13-14-32(49)50)34(39)28(19-26)35(40)41)10-7-5-4-6-8-12-30(36(45)51)47-21-25(11-9-15-46(2)3)29(20-31(47)48)37(42,43)44/h16-21,30,35H,4-15H2,1-3H3,(H2,45,51)(H,49,50). The monoisotopic (exact) mass is 727 g/mol. The van der Waals surface area contributed by atoms with E-state index in [4.69, 9.17) is 10.8 Å². The number of halogens is 7. The molecule has 7 nitrogen and oxygen atoms in total. The topological polar surface area (TPSA) is 106 Å². The summed E-state index contributed by atoms with van der Waals surface area (Å²) >= 11 is 0. The lowest BCUT2D eigenvalue weighted by Gasteiger charge is -2.21. The number of primary amides is 1. The molecule has 280 valence electrons. The van der Waals surface area contributed by atoms with Gasteiger partial charge in [-0.05, 0) is 124 Å². The first-order valence-corrected chi connectivity index (χ1v) is 16.8. The number of benzene rings is 2. The first-order chi connectivity index (χ1) is 23.9. The molecular formula is C37H44F7N3O4. The Morgan fingerprint density at radius 1 is 0.882 bits per heavy atom. The van der Waals surface area contributed by atoms with E-state index >= 15 is 0 Å². The zero-order chi connectivity index (χ0) is 38.0. The molecule has 14 heteroatoms. The first kappa shape index (κ1) is 41.2. The van der Waals surface area contributed by atoms with Crippen LogP contribution in [-0.2, 0) is 35.0 Å². The molecule has 0 aliphatic rings. The summed E-state index contributed by atoms with van der Waals surface area (Å²) in [6, 6.07) is 4.25. The van der Waals surface area contributed by atoms with Gasteiger partial charge in [0.2, 0.25) is 5.91 Å². The lowest BCUT2D eigenvalue weighted by molar-refractivity contribution is -0.138. The SMILES string of the molecule is Cc1cc(F)cc(CCCCCCCC(C(N)=O)n2cc(CCCN(C)C)c(C(F)(F)F)cc2=O)c1-c1cc(CCC(=O)O)c(F)c(C(F)F)c1. The summed E-state index contributed by atoms with van der Waals surface area (Å²) in [6.07, 6.45) is -3.76. The van der Waals surface area contributed by atoms with Gasteiger partial charge in [-0.25, -0.2) is 17.6 Å². The number of alkyl halides is 5. The molecule has 0 spiro atoms. The quantitative estimate of drug-likeness (QED) is 0.0958. The van der Waals surface area contributed by atoms with E-state index in [0.29, 0.717) is 74.2 Å². The number of pyridine rings is 1. The third-order valence-corrected chi connectivity index (χ3v) is 8.80. The number of amides is 1. The highest BCUT2D eigenvalue weighted by Crippen LogP contribution is 2.36. The molecule has 3 aromatic rings. The molecule has 0 radical (unpaired) electrons. The number of carbonyl (C=O) groups excluding carboxylic acids is 1. The maximum atomic E-state index is 14.8. The van der Waals surface area contributed by atoms with Gasteiger partial charge in [-0.3, -0.25) is 14.4 Å². The predicted molar refractivity (Wildman–Crippen MR) is 180 cm³/mol. The van der Waals surface area contributed by atoms with E-state index in [-0.39, 0.29) is 36.0 Å². The summed E-state index contributed by atoms with van der Waals surface area (Å²) in [5.74, 6) is -3.76. The van der Waals surface area contributed by atoms with E-state index in [0.717, 1.165) is 16.8 Å². The summed E-state index contributed by atoms with van der Waals surface area (Å²) < 4.78 is 99.0. The zero-order valence-electron chi connectivity index (χ0n) is 28.9. The Balaban J connectivity index is 1.70. The van der Waals surface area contributed by atoms with Crippen LogP contribution in [0.25, 0.3) is 11.1 Å². The number of aryl methyl sites for hydroxylation is 4. The van der Waals surface area contributed by atoms with Gasteiger partial charge in [0.05, 0.1) is 11.1 Å². The number of rotatable bonds is 19. The summed E-state index contributed by atoms with van der Waals surface area (Å²) in [4.78, 5) is 38.0. The van der Waals surface area contributed by atoms with Crippen LogP contribution in [0.15, 0.2) is 41.3 Å². The highest BCUT2D eigenvalue weighted by Gasteiger charge is 2.35. The molecule has 51 heavy (non-hydrogen) atoms. The van der Waals surface area contributed by atoms with Gasteiger partial charge in [0, 0.05) is 18.7 Å². The second-order valence-electron chi connectivity index (χ2n) is 13.1. The van der Waals surface area contributed by atoms with E-state index in [1.54, 1.807) is 21.0 Å². The van der Waals surface area contributed by atoms with Gasteiger partial charge >= 0.3 is 12.1 Å². The van der Waals surface area contributed by atoms with Gasteiger partial charge in [-0.15, -0.1) is 0 Å². The molecule has 1 aromatic heterocycles. The fourth-order valence-electron chi connectivity index (χ4n) is 6.34. The van der Waals surface area contributed by atoms with Crippen LogP contribution in [0, 0.1) is 18.6 Å². The minimum Gasteiger partial charge on any atom is -0.481 e. The number of carboxylic acids is 1. The Labute approximate surface area is 292 Å². The van der Waals surface area contributed by atoms with Crippen molar-refractivity contribution < 1.29 is 45.4 Å². The lowest BCUT2D eigenvalue weighted by Crippen LogP contribution is -2.35. The summed E-state index contributed by atoms with van der Waals surface area (Å²) in [5, 5.41) is 9.04. The second-order valence-corrected chi connectivity index (χ2v) is 13.1. The molecule has 1 atom stereocenters. The molecule has 0 aliphatic carbocycles. The van der Waals surface area contributed by atoms with Crippen molar-refractivity contribution in [3.63, 3.8) is 0 Å². The number of aromatic nitrogens is 1. The maximum Gasteiger partial charge on any atom is 0.416 e. The van der Waals surface area contributed by atoms with Crippen LogP contribution in [0.1, 0.15) is 97.2 Å². The Kier molecular flexibility index (Phi) is 14.8. The third kappa shape index (κ3) is 11.7. The molecule has 0 saturated heterocycles. The number of aliphatic carboxylic acids is 1. The zero-order valence-corrected chi connectivity index (χ0v) is 28.9. The Morgan fingerprint density at radius 2 is 1.53 bits per heavy atom. The van der Waals surface area contributed by atoms with Crippen molar-refractivity contribution in [1.29, 1.82) is 0 Å². The van der Waals surface area contributed by atoms with Crippen LogP contribution in [0.2, 0.25) is 0 Å². The van der Waals surface area contributed by atoms with Crippen molar-refractivity contribution in [3.05, 3.63) is 91.9 Å². The Hall–Kier alpha value is -4.20. The largest absolute Gasteiger partial charge is 0.481 e. The van der Waals surface area contributed by atoms with Crippen LogP contribution in [-0.4, -0.2) is 47.1 Å². The van der Waals surface area contributed by atoms with E-state index in [2.05, 4.69) is 0 Å². The highest BCUT2D eigenvalue weighted by atomic mass is 19.4. The number of unbranched alkanes of at least 4 members (excludes halogenated alkanes) is 4. The van der Waals surface area contributed by atoms with Gasteiger partial charge in [-0.1, -0.05) is 25.7 Å². The van der Waals surface area contributed by atoms with Crippen LogP contribution in [0.3, 0.4) is 0 Å². The summed E-state index contributed by atoms with van der Waals surface area (Å²) in [7, 11) is 3.58. The number of carboxylic acid groups (broad SMARTS) is 1. The van der Waals surface area contributed by atoms with Crippen LogP contribution in [0.5, 0.6) is 0 Å². The van der Waals surface area contributed by atoms with Gasteiger partial charge in [0.25, 0.3) is 12.0 Å². The number of carbonyl (C=O) groups is 2. The van der Waals surface area contributed by atoms with Gasteiger partial charge in [0.1, 0.15) is 17.7 Å². The van der Waals surface area contributed by atoms with Crippen molar-refractivity contribution in [2.45, 2.75) is 96.2 Å². The fourth-order valence-corrected chi connectivity index (χ4v) is 6.34. The van der Waals surface area contributed by atoms with E-state index < -0.39 is 65.3 Å². The van der Waals surface area contributed by atoms with Gasteiger partial charge in [-0.2, -0.15) is 13.2 Å². The van der Waals surface area contributed by atoms with E-state index in [1.807, 2.05) is 4.90 Å². The molecule has 3 N–H and O–H groups in total.